The zero-order valence-corrected chi connectivity index (χ0v) is 12.7. The number of rotatable bonds is 2. The number of carbonyl (C=O) groups is 1. The third-order valence-corrected chi connectivity index (χ3v) is 6.08. The average molecular weight is 291 g/mol. The molecule has 2 bridgehead atoms. The highest BCUT2D eigenvalue weighted by molar-refractivity contribution is 7.12. The van der Waals surface area contributed by atoms with Crippen molar-refractivity contribution in [2.24, 2.45) is 5.92 Å². The Morgan fingerprint density at radius 3 is 2.70 bits per heavy atom. The lowest BCUT2D eigenvalue weighted by atomic mass is 9.83. The van der Waals surface area contributed by atoms with Gasteiger partial charge in [-0.2, -0.15) is 0 Å². The van der Waals surface area contributed by atoms with Crippen LogP contribution in [0, 0.1) is 12.8 Å². The summed E-state index contributed by atoms with van der Waals surface area (Å²) in [5.41, 5.74) is 0. The van der Waals surface area contributed by atoms with E-state index in [0.717, 1.165) is 6.54 Å². The summed E-state index contributed by atoms with van der Waals surface area (Å²) in [5.74, 6) is 0.979. The summed E-state index contributed by atoms with van der Waals surface area (Å²) in [5, 5.41) is 3.41. The minimum Gasteiger partial charge on any atom is -0.316 e. The molecule has 0 saturated carbocycles. The maximum absolute atomic E-state index is 12.4. The molecule has 2 atom stereocenters. The molecule has 1 amide bonds. The van der Waals surface area contributed by atoms with Crippen molar-refractivity contribution >= 4 is 17.2 Å². The van der Waals surface area contributed by atoms with Crippen LogP contribution in [0.25, 0.3) is 0 Å². The van der Waals surface area contributed by atoms with Crippen molar-refractivity contribution in [3.8, 4) is 0 Å². The van der Waals surface area contributed by atoms with Crippen LogP contribution in [0.1, 0.15) is 28.8 Å². The van der Waals surface area contributed by atoms with E-state index in [2.05, 4.69) is 34.2 Å². The summed E-state index contributed by atoms with van der Waals surface area (Å²) >= 11 is 1.80. The smallest absolute Gasteiger partial charge is 0.238 e. The first kappa shape index (κ1) is 12.8. The van der Waals surface area contributed by atoms with Crippen LogP contribution in [0.15, 0.2) is 12.1 Å². The second kappa shape index (κ2) is 4.83. The zero-order valence-electron chi connectivity index (χ0n) is 11.8. The largest absolute Gasteiger partial charge is 0.316 e. The van der Waals surface area contributed by atoms with Crippen molar-refractivity contribution in [3.63, 3.8) is 0 Å². The fraction of sp³-hybridized carbons (Fsp3) is 0.667. The van der Waals surface area contributed by atoms with Crippen LogP contribution in [0.4, 0.5) is 0 Å². The molecule has 20 heavy (non-hydrogen) atoms. The van der Waals surface area contributed by atoms with E-state index >= 15 is 0 Å². The molecule has 5 heterocycles. The maximum atomic E-state index is 12.4. The first-order valence-corrected chi connectivity index (χ1v) is 8.37. The summed E-state index contributed by atoms with van der Waals surface area (Å²) in [4.78, 5) is 19.7. The number of aryl methyl sites for hydroxylation is 1. The van der Waals surface area contributed by atoms with E-state index in [-0.39, 0.29) is 12.1 Å². The summed E-state index contributed by atoms with van der Waals surface area (Å²) in [7, 11) is 0. The summed E-state index contributed by atoms with van der Waals surface area (Å²) in [6, 6.07) is 4.73. The van der Waals surface area contributed by atoms with Crippen LogP contribution in [-0.2, 0) is 4.79 Å². The molecular weight excluding hydrogens is 270 g/mol. The van der Waals surface area contributed by atoms with E-state index < -0.39 is 0 Å². The molecule has 2 unspecified atom stereocenters. The van der Waals surface area contributed by atoms with Gasteiger partial charge in [-0.05, 0) is 50.9 Å². The monoisotopic (exact) mass is 291 g/mol. The van der Waals surface area contributed by atoms with E-state index in [1.807, 2.05) is 0 Å². The zero-order chi connectivity index (χ0) is 13.7. The van der Waals surface area contributed by atoms with Crippen molar-refractivity contribution in [3.05, 3.63) is 21.9 Å². The summed E-state index contributed by atoms with van der Waals surface area (Å²) in [6.45, 7) is 6.13. The molecule has 5 rings (SSSR count). The minimum atomic E-state index is 0.103. The molecule has 0 aliphatic carbocycles. The lowest BCUT2D eigenvalue weighted by Gasteiger charge is -2.49. The number of fused-ring (bicyclic) bond motifs is 3. The van der Waals surface area contributed by atoms with Gasteiger partial charge >= 0.3 is 0 Å². The third kappa shape index (κ3) is 2.00. The van der Waals surface area contributed by atoms with Crippen molar-refractivity contribution < 1.29 is 4.79 Å². The van der Waals surface area contributed by atoms with Crippen molar-refractivity contribution in [2.45, 2.75) is 32.0 Å². The highest BCUT2D eigenvalue weighted by Gasteiger charge is 2.44. The van der Waals surface area contributed by atoms with Crippen molar-refractivity contribution in [1.82, 2.24) is 15.1 Å². The molecule has 0 aromatic carbocycles. The molecule has 1 aromatic rings. The molecule has 5 heteroatoms. The Morgan fingerprint density at radius 2 is 2.10 bits per heavy atom. The minimum absolute atomic E-state index is 0.103. The Morgan fingerprint density at radius 1 is 1.30 bits per heavy atom. The fourth-order valence-corrected chi connectivity index (χ4v) is 4.93. The Kier molecular flexibility index (Phi) is 3.09. The van der Waals surface area contributed by atoms with Gasteiger partial charge in [0.15, 0.2) is 0 Å². The molecule has 4 aliphatic heterocycles. The van der Waals surface area contributed by atoms with Crippen LogP contribution in [0.5, 0.6) is 0 Å². The summed E-state index contributed by atoms with van der Waals surface area (Å²) < 4.78 is 0. The molecule has 4 fully saturated rings. The molecule has 0 spiro atoms. The Hall–Kier alpha value is -0.910. The van der Waals surface area contributed by atoms with Crippen molar-refractivity contribution in [1.29, 1.82) is 0 Å². The predicted molar refractivity (Wildman–Crippen MR) is 79.6 cm³/mol. The predicted octanol–water partition coefficient (Wildman–Crippen LogP) is 1.58. The van der Waals surface area contributed by atoms with E-state index in [4.69, 9.17) is 0 Å². The number of carbonyl (C=O) groups excluding carboxylic acids is 1. The van der Waals surface area contributed by atoms with E-state index in [1.165, 1.54) is 35.7 Å². The van der Waals surface area contributed by atoms with E-state index in [0.29, 0.717) is 18.5 Å². The molecule has 4 nitrogen and oxygen atoms in total. The van der Waals surface area contributed by atoms with Gasteiger partial charge in [0.1, 0.15) is 6.17 Å². The first-order valence-electron chi connectivity index (χ1n) is 7.55. The molecule has 1 N–H and O–H groups in total. The van der Waals surface area contributed by atoms with Crippen LogP contribution in [0.3, 0.4) is 0 Å². The number of thiophene rings is 1. The van der Waals surface area contributed by atoms with Gasteiger partial charge < -0.3 is 9.80 Å². The van der Waals surface area contributed by atoms with Gasteiger partial charge in [-0.3, -0.25) is 10.1 Å². The van der Waals surface area contributed by atoms with Crippen LogP contribution >= 0.6 is 11.3 Å². The number of piperidine rings is 3. The first-order chi connectivity index (χ1) is 9.72. The Labute approximate surface area is 123 Å². The molecule has 108 valence electrons. The van der Waals surface area contributed by atoms with E-state index in [1.54, 1.807) is 11.3 Å². The molecule has 4 aliphatic rings. The SMILES string of the molecule is Cc1ccc(C2NCC(=O)N2C2CN3CCC2CC3)s1. The van der Waals surface area contributed by atoms with Crippen LogP contribution < -0.4 is 5.32 Å². The normalized spacial score (nSPS) is 36.9. The topological polar surface area (TPSA) is 35.6 Å². The third-order valence-electron chi connectivity index (χ3n) is 5.02. The second-order valence-electron chi connectivity index (χ2n) is 6.24. The number of hydrogen-bond donors (Lipinski definition) is 1. The van der Waals surface area contributed by atoms with Gasteiger partial charge in [0.25, 0.3) is 0 Å². The Bertz CT molecular complexity index is 521. The van der Waals surface area contributed by atoms with Gasteiger partial charge in [0.05, 0.1) is 6.54 Å². The molecular formula is C15H21N3OS. The van der Waals surface area contributed by atoms with Crippen LogP contribution in [0.2, 0.25) is 0 Å². The highest BCUT2D eigenvalue weighted by atomic mass is 32.1. The average Bonchev–Trinajstić information content (AvgIpc) is 3.06. The summed E-state index contributed by atoms with van der Waals surface area (Å²) in [6.07, 6.45) is 2.61. The number of nitrogens with one attached hydrogen (secondary N) is 1. The van der Waals surface area contributed by atoms with Crippen molar-refractivity contribution in [2.75, 3.05) is 26.2 Å². The molecule has 4 saturated heterocycles. The maximum Gasteiger partial charge on any atom is 0.238 e. The van der Waals surface area contributed by atoms with Gasteiger partial charge in [-0.15, -0.1) is 11.3 Å². The number of amides is 1. The van der Waals surface area contributed by atoms with Gasteiger partial charge in [-0.25, -0.2) is 0 Å². The number of nitrogens with zero attached hydrogens (tertiary/aromatic N) is 2. The second-order valence-corrected chi connectivity index (χ2v) is 7.56. The van der Waals surface area contributed by atoms with Gasteiger partial charge in [0, 0.05) is 22.3 Å². The van der Waals surface area contributed by atoms with E-state index in [9.17, 15) is 4.79 Å². The van der Waals surface area contributed by atoms with Gasteiger partial charge in [-0.1, -0.05) is 0 Å². The van der Waals surface area contributed by atoms with Gasteiger partial charge in [0.2, 0.25) is 5.91 Å². The quantitative estimate of drug-likeness (QED) is 0.898. The Balaban J connectivity index is 1.62. The molecule has 1 aromatic heterocycles. The lowest BCUT2D eigenvalue weighted by molar-refractivity contribution is -0.134. The fourth-order valence-electron chi connectivity index (χ4n) is 3.98. The molecule has 0 radical (unpaired) electrons. The van der Waals surface area contributed by atoms with Crippen LogP contribution in [-0.4, -0.2) is 47.9 Å². The lowest BCUT2D eigenvalue weighted by Crippen LogP contribution is -2.58. The number of hydrogen-bond acceptors (Lipinski definition) is 4. The highest BCUT2D eigenvalue weighted by Crippen LogP contribution is 2.37. The standard InChI is InChI=1S/C15H21N3OS/c1-10-2-3-13(20-10)15-16-8-14(19)18(15)12-9-17-6-4-11(12)5-7-17/h2-3,11-12,15-16H,4-9H2,1H3.